The molecule has 0 aliphatic heterocycles. The fraction of sp³-hybridized carbons (Fsp3) is 0.857. The molecule has 0 unspecified atom stereocenters. The van der Waals surface area contributed by atoms with Gasteiger partial charge in [0.2, 0.25) is 11.7 Å². The van der Waals surface area contributed by atoms with Gasteiger partial charge < -0.3 is 15.0 Å². The second kappa shape index (κ2) is 5.59. The maximum atomic E-state index is 6.22. The summed E-state index contributed by atoms with van der Waals surface area (Å²) in [7, 11) is 0. The Morgan fingerprint density at radius 1 is 1.32 bits per heavy atom. The summed E-state index contributed by atoms with van der Waals surface area (Å²) in [5, 5.41) is 4.12. The molecule has 1 fully saturated rings. The third-order valence-electron chi connectivity index (χ3n) is 4.29. The van der Waals surface area contributed by atoms with E-state index in [1.54, 1.807) is 0 Å². The highest BCUT2D eigenvalue weighted by atomic mass is 16.5. The number of nitrogens with zero attached hydrogens (tertiary/aromatic N) is 2. The number of rotatable bonds is 7. The fourth-order valence-electron chi connectivity index (χ4n) is 2.73. The van der Waals surface area contributed by atoms with Gasteiger partial charge in [-0.3, -0.25) is 0 Å². The van der Waals surface area contributed by atoms with Gasteiger partial charge in [-0.1, -0.05) is 19.0 Å². The molecule has 19 heavy (non-hydrogen) atoms. The molecule has 1 aliphatic carbocycles. The zero-order valence-electron chi connectivity index (χ0n) is 12.2. The van der Waals surface area contributed by atoms with Gasteiger partial charge in [0.1, 0.15) is 5.60 Å². The molecule has 1 aliphatic rings. The van der Waals surface area contributed by atoms with Gasteiger partial charge in [-0.25, -0.2) is 0 Å². The molecule has 0 atom stereocenters. The molecule has 0 saturated heterocycles. The van der Waals surface area contributed by atoms with Gasteiger partial charge in [-0.2, -0.15) is 4.98 Å². The first-order valence-electron chi connectivity index (χ1n) is 7.33. The lowest BCUT2D eigenvalue weighted by atomic mass is 9.75. The van der Waals surface area contributed by atoms with E-state index in [0.717, 1.165) is 25.7 Å². The normalized spacial score (nSPS) is 18.3. The summed E-state index contributed by atoms with van der Waals surface area (Å²) in [5.41, 5.74) is 5.67. The summed E-state index contributed by atoms with van der Waals surface area (Å²) in [6.07, 6.45) is 5.64. The Labute approximate surface area is 114 Å². The van der Waals surface area contributed by atoms with Crippen LogP contribution in [0.5, 0.6) is 0 Å². The van der Waals surface area contributed by atoms with Crippen molar-refractivity contribution in [1.29, 1.82) is 0 Å². The van der Waals surface area contributed by atoms with Crippen molar-refractivity contribution in [1.82, 2.24) is 10.1 Å². The number of aromatic nitrogens is 2. The highest BCUT2D eigenvalue weighted by molar-refractivity contribution is 5.05. The molecule has 0 aromatic carbocycles. The van der Waals surface area contributed by atoms with Gasteiger partial charge in [-0.15, -0.1) is 0 Å². The molecule has 5 heteroatoms. The van der Waals surface area contributed by atoms with Crippen LogP contribution in [-0.4, -0.2) is 22.3 Å². The molecule has 0 spiro atoms. The Bertz CT molecular complexity index is 409. The molecule has 2 rings (SSSR count). The quantitative estimate of drug-likeness (QED) is 0.821. The second-order valence-electron chi connectivity index (χ2n) is 5.54. The largest absolute Gasteiger partial charge is 0.367 e. The van der Waals surface area contributed by atoms with E-state index in [2.05, 4.69) is 24.0 Å². The minimum atomic E-state index is -0.419. The molecule has 0 radical (unpaired) electrons. The van der Waals surface area contributed by atoms with Gasteiger partial charge in [-0.05, 0) is 39.0 Å². The van der Waals surface area contributed by atoms with Crippen LogP contribution in [0.25, 0.3) is 0 Å². The van der Waals surface area contributed by atoms with Crippen molar-refractivity contribution >= 4 is 0 Å². The summed E-state index contributed by atoms with van der Waals surface area (Å²) in [6, 6.07) is 0. The van der Waals surface area contributed by atoms with E-state index in [9.17, 15) is 0 Å². The Balaban J connectivity index is 2.13. The number of ether oxygens (including phenoxy) is 1. The first kappa shape index (κ1) is 14.5. The van der Waals surface area contributed by atoms with Crippen LogP contribution < -0.4 is 5.73 Å². The van der Waals surface area contributed by atoms with Crippen molar-refractivity contribution in [2.75, 3.05) is 6.61 Å². The second-order valence-corrected chi connectivity index (χ2v) is 5.54. The maximum Gasteiger partial charge on any atom is 0.228 e. The predicted octanol–water partition coefficient (Wildman–Crippen LogP) is 2.55. The zero-order valence-corrected chi connectivity index (χ0v) is 12.2. The van der Waals surface area contributed by atoms with Gasteiger partial charge in [0, 0.05) is 18.6 Å². The van der Waals surface area contributed by atoms with Crippen LogP contribution in [0.15, 0.2) is 4.52 Å². The number of hydrogen-bond acceptors (Lipinski definition) is 5. The Hall–Kier alpha value is -0.940. The third-order valence-corrected chi connectivity index (χ3v) is 4.29. The van der Waals surface area contributed by atoms with Crippen LogP contribution >= 0.6 is 0 Å². The molecule has 5 nitrogen and oxygen atoms in total. The first-order valence-corrected chi connectivity index (χ1v) is 7.33. The van der Waals surface area contributed by atoms with Gasteiger partial charge >= 0.3 is 0 Å². The van der Waals surface area contributed by atoms with E-state index >= 15 is 0 Å². The molecular weight excluding hydrogens is 242 g/mol. The molecule has 1 heterocycles. The predicted molar refractivity (Wildman–Crippen MR) is 72.7 cm³/mol. The van der Waals surface area contributed by atoms with E-state index in [0.29, 0.717) is 24.7 Å². The number of nitrogens with two attached hydrogens (primary N) is 1. The third kappa shape index (κ3) is 2.82. The van der Waals surface area contributed by atoms with E-state index in [1.165, 1.54) is 6.42 Å². The van der Waals surface area contributed by atoms with Crippen LogP contribution in [0, 0.1) is 0 Å². The summed E-state index contributed by atoms with van der Waals surface area (Å²) < 4.78 is 11.3. The highest BCUT2D eigenvalue weighted by Crippen LogP contribution is 2.34. The van der Waals surface area contributed by atoms with Gasteiger partial charge in [0.15, 0.2) is 0 Å². The minimum absolute atomic E-state index is 0.128. The molecule has 2 N–H and O–H groups in total. The van der Waals surface area contributed by atoms with Crippen molar-refractivity contribution in [3.63, 3.8) is 0 Å². The molecule has 0 bridgehead atoms. The van der Waals surface area contributed by atoms with Crippen LogP contribution in [0.3, 0.4) is 0 Å². The van der Waals surface area contributed by atoms with E-state index in [4.69, 9.17) is 15.0 Å². The fourth-order valence-corrected chi connectivity index (χ4v) is 2.73. The summed E-state index contributed by atoms with van der Waals surface area (Å²) in [6.45, 7) is 6.81. The smallest absolute Gasteiger partial charge is 0.228 e. The van der Waals surface area contributed by atoms with E-state index in [1.807, 2.05) is 6.92 Å². The Morgan fingerprint density at radius 3 is 2.47 bits per heavy atom. The SMILES string of the molecule is CCOC(CC)(CC)c1noc(CC2(N)CCC2)n1. The highest BCUT2D eigenvalue weighted by Gasteiger charge is 2.37. The average molecular weight is 267 g/mol. The molecular formula is C14H25N3O2. The Kier molecular flexibility index (Phi) is 4.26. The lowest BCUT2D eigenvalue weighted by Crippen LogP contribution is -2.48. The van der Waals surface area contributed by atoms with Crippen molar-refractivity contribution in [3.8, 4) is 0 Å². The average Bonchev–Trinajstić information content (AvgIpc) is 2.83. The summed E-state index contributed by atoms with van der Waals surface area (Å²) in [4.78, 5) is 4.53. The lowest BCUT2D eigenvalue weighted by molar-refractivity contribution is -0.0583. The standard InChI is InChI=1S/C14H25N3O2/c1-4-14(5-2,18-6-3)12-16-11(19-17-12)10-13(15)8-7-9-13/h4-10,15H2,1-3H3. The van der Waals surface area contributed by atoms with Crippen LogP contribution in [0.1, 0.15) is 64.6 Å². The summed E-state index contributed by atoms with van der Waals surface area (Å²) >= 11 is 0. The molecule has 108 valence electrons. The van der Waals surface area contributed by atoms with E-state index in [-0.39, 0.29) is 5.54 Å². The van der Waals surface area contributed by atoms with Crippen molar-refractivity contribution in [2.24, 2.45) is 5.73 Å². The first-order chi connectivity index (χ1) is 9.07. The molecule has 1 saturated carbocycles. The van der Waals surface area contributed by atoms with Crippen LogP contribution in [0.4, 0.5) is 0 Å². The van der Waals surface area contributed by atoms with Crippen molar-refractivity contribution in [3.05, 3.63) is 11.7 Å². The van der Waals surface area contributed by atoms with Crippen molar-refractivity contribution < 1.29 is 9.26 Å². The number of hydrogen-bond donors (Lipinski definition) is 1. The molecule has 0 amide bonds. The maximum absolute atomic E-state index is 6.22. The van der Waals surface area contributed by atoms with Crippen molar-refractivity contribution in [2.45, 2.75) is 70.4 Å². The Morgan fingerprint density at radius 2 is 2.00 bits per heavy atom. The molecule has 1 aromatic heterocycles. The summed E-state index contributed by atoms with van der Waals surface area (Å²) in [5.74, 6) is 1.31. The van der Waals surface area contributed by atoms with Gasteiger partial charge in [0.25, 0.3) is 0 Å². The topological polar surface area (TPSA) is 74.2 Å². The van der Waals surface area contributed by atoms with Crippen LogP contribution in [-0.2, 0) is 16.8 Å². The minimum Gasteiger partial charge on any atom is -0.367 e. The zero-order chi connectivity index (χ0) is 13.9. The van der Waals surface area contributed by atoms with Crippen LogP contribution in [0.2, 0.25) is 0 Å². The monoisotopic (exact) mass is 267 g/mol. The molecule has 1 aromatic rings. The lowest BCUT2D eigenvalue weighted by Gasteiger charge is -2.36. The van der Waals surface area contributed by atoms with Gasteiger partial charge in [0.05, 0.1) is 0 Å². The van der Waals surface area contributed by atoms with E-state index < -0.39 is 5.60 Å².